The molecule has 4 heteroatoms. The highest BCUT2D eigenvalue weighted by Crippen LogP contribution is 2.18. The van der Waals surface area contributed by atoms with Crippen molar-refractivity contribution < 1.29 is 14.5 Å². The van der Waals surface area contributed by atoms with Crippen molar-refractivity contribution in [3.05, 3.63) is 36.5 Å². The molecule has 0 aromatic carbocycles. The number of hydrogen-bond donors (Lipinski definition) is 2. The molecule has 0 radical (unpaired) electrons. The molecule has 0 aliphatic carbocycles. The van der Waals surface area contributed by atoms with Crippen LogP contribution in [-0.4, -0.2) is 26.8 Å². The molecule has 0 rings (SSSR count). The SMILES string of the molecule is CCC(O)/C=C/CC/C=C/C=C/CC(CCCC(C)=O)SO. The molecule has 0 saturated heterocycles. The molecular weight excluding hydrogens is 296 g/mol. The van der Waals surface area contributed by atoms with Crippen molar-refractivity contribution in [2.45, 2.75) is 70.1 Å². The number of hydrogen-bond acceptors (Lipinski definition) is 4. The average Bonchev–Trinajstić information content (AvgIpc) is 2.50. The van der Waals surface area contributed by atoms with Crippen LogP contribution in [0.5, 0.6) is 0 Å². The van der Waals surface area contributed by atoms with Gasteiger partial charge in [-0.25, -0.2) is 0 Å². The Bertz CT molecular complexity index is 361. The summed E-state index contributed by atoms with van der Waals surface area (Å²) in [5, 5.41) is 9.51. The average molecular weight is 327 g/mol. The minimum absolute atomic E-state index is 0.169. The van der Waals surface area contributed by atoms with Crippen LogP contribution in [-0.2, 0) is 4.79 Å². The van der Waals surface area contributed by atoms with Gasteiger partial charge in [0, 0.05) is 11.7 Å². The summed E-state index contributed by atoms with van der Waals surface area (Å²) in [4.78, 5) is 10.9. The quantitative estimate of drug-likeness (QED) is 0.218. The van der Waals surface area contributed by atoms with E-state index in [2.05, 4.69) is 12.2 Å². The van der Waals surface area contributed by atoms with Gasteiger partial charge in [-0.15, -0.1) is 0 Å². The molecule has 0 saturated carbocycles. The molecule has 3 nitrogen and oxygen atoms in total. The van der Waals surface area contributed by atoms with Crippen molar-refractivity contribution >= 4 is 17.8 Å². The lowest BCUT2D eigenvalue weighted by molar-refractivity contribution is -0.117. The van der Waals surface area contributed by atoms with E-state index < -0.39 is 0 Å². The van der Waals surface area contributed by atoms with Crippen molar-refractivity contribution in [2.75, 3.05) is 0 Å². The van der Waals surface area contributed by atoms with Crippen molar-refractivity contribution in [1.82, 2.24) is 0 Å². The molecule has 22 heavy (non-hydrogen) atoms. The number of allylic oxidation sites excluding steroid dienone is 5. The van der Waals surface area contributed by atoms with Gasteiger partial charge in [-0.3, -0.25) is 0 Å². The Kier molecular flexibility index (Phi) is 14.5. The fraction of sp³-hybridized carbons (Fsp3) is 0.611. The Hall–Kier alpha value is -0.840. The van der Waals surface area contributed by atoms with Crippen molar-refractivity contribution in [2.24, 2.45) is 0 Å². The smallest absolute Gasteiger partial charge is 0.129 e. The number of aliphatic hydroxyl groups excluding tert-OH is 1. The minimum Gasteiger partial charge on any atom is -0.389 e. The first-order valence-corrected chi connectivity index (χ1v) is 8.89. The Labute approximate surface area is 139 Å². The van der Waals surface area contributed by atoms with Crippen molar-refractivity contribution in [3.63, 3.8) is 0 Å². The van der Waals surface area contributed by atoms with Crippen molar-refractivity contribution in [1.29, 1.82) is 0 Å². The topological polar surface area (TPSA) is 57.5 Å². The Morgan fingerprint density at radius 3 is 2.50 bits per heavy atom. The highest BCUT2D eigenvalue weighted by Gasteiger charge is 2.06. The summed E-state index contributed by atoms with van der Waals surface area (Å²) in [6.45, 7) is 3.56. The van der Waals surface area contributed by atoms with Crippen LogP contribution in [0, 0.1) is 0 Å². The van der Waals surface area contributed by atoms with E-state index in [0.717, 1.165) is 50.6 Å². The van der Waals surface area contributed by atoms with E-state index in [-0.39, 0.29) is 17.1 Å². The van der Waals surface area contributed by atoms with E-state index >= 15 is 0 Å². The number of rotatable bonds is 13. The molecule has 0 aliphatic heterocycles. The van der Waals surface area contributed by atoms with Gasteiger partial charge in [0.15, 0.2) is 0 Å². The lowest BCUT2D eigenvalue weighted by atomic mass is 10.1. The van der Waals surface area contributed by atoms with Gasteiger partial charge >= 0.3 is 0 Å². The van der Waals surface area contributed by atoms with Crippen molar-refractivity contribution in [3.8, 4) is 0 Å². The highest BCUT2D eigenvalue weighted by molar-refractivity contribution is 7.94. The zero-order valence-corrected chi connectivity index (χ0v) is 14.6. The van der Waals surface area contributed by atoms with Crippen LogP contribution in [0.4, 0.5) is 0 Å². The van der Waals surface area contributed by atoms with Gasteiger partial charge < -0.3 is 14.5 Å². The van der Waals surface area contributed by atoms with Gasteiger partial charge in [0.05, 0.1) is 6.10 Å². The van der Waals surface area contributed by atoms with Crippen LogP contribution < -0.4 is 0 Å². The molecule has 2 unspecified atom stereocenters. The maximum Gasteiger partial charge on any atom is 0.129 e. The van der Waals surface area contributed by atoms with E-state index in [1.54, 1.807) is 6.92 Å². The lowest BCUT2D eigenvalue weighted by Gasteiger charge is -2.09. The van der Waals surface area contributed by atoms with Crippen LogP contribution in [0.2, 0.25) is 0 Å². The van der Waals surface area contributed by atoms with Gasteiger partial charge in [0.2, 0.25) is 0 Å². The van der Waals surface area contributed by atoms with Gasteiger partial charge in [0.25, 0.3) is 0 Å². The zero-order valence-electron chi connectivity index (χ0n) is 13.8. The van der Waals surface area contributed by atoms with Gasteiger partial charge in [-0.1, -0.05) is 43.4 Å². The van der Waals surface area contributed by atoms with E-state index in [0.29, 0.717) is 6.42 Å². The summed E-state index contributed by atoms with van der Waals surface area (Å²) >= 11 is 0.882. The molecule has 2 atom stereocenters. The van der Waals surface area contributed by atoms with Gasteiger partial charge in [-0.2, -0.15) is 0 Å². The predicted octanol–water partition coefficient (Wildman–Crippen LogP) is 4.93. The zero-order chi connectivity index (χ0) is 16.6. The van der Waals surface area contributed by atoms with Gasteiger partial charge in [0.1, 0.15) is 5.78 Å². The van der Waals surface area contributed by atoms with Crippen LogP contribution in [0.1, 0.15) is 58.8 Å². The monoisotopic (exact) mass is 326 g/mol. The third-order valence-electron chi connectivity index (χ3n) is 3.26. The third kappa shape index (κ3) is 14.1. The normalized spacial score (nSPS) is 15.1. The van der Waals surface area contributed by atoms with Crippen LogP contribution >= 0.6 is 12.0 Å². The second kappa shape index (κ2) is 15.1. The number of aliphatic hydroxyl groups is 1. The third-order valence-corrected chi connectivity index (χ3v) is 3.99. The maximum absolute atomic E-state index is 10.9. The summed E-state index contributed by atoms with van der Waals surface area (Å²) in [6.07, 6.45) is 17.4. The second-order valence-corrected chi connectivity index (χ2v) is 6.27. The predicted molar refractivity (Wildman–Crippen MR) is 96.1 cm³/mol. The fourth-order valence-corrected chi connectivity index (χ4v) is 2.33. The fourth-order valence-electron chi connectivity index (χ4n) is 1.86. The summed E-state index contributed by atoms with van der Waals surface area (Å²) in [7, 11) is 0. The lowest BCUT2D eigenvalue weighted by Crippen LogP contribution is -2.02. The van der Waals surface area contributed by atoms with E-state index in [9.17, 15) is 14.5 Å². The van der Waals surface area contributed by atoms with Gasteiger partial charge in [-0.05, 0) is 57.5 Å². The second-order valence-electron chi connectivity index (χ2n) is 5.39. The Morgan fingerprint density at radius 1 is 1.18 bits per heavy atom. The molecule has 0 heterocycles. The van der Waals surface area contributed by atoms with E-state index in [1.165, 1.54) is 0 Å². The molecule has 0 spiro atoms. The van der Waals surface area contributed by atoms with E-state index in [4.69, 9.17) is 0 Å². The Balaban J connectivity index is 3.75. The summed E-state index contributed by atoms with van der Waals surface area (Å²) in [6, 6.07) is 0. The van der Waals surface area contributed by atoms with Crippen LogP contribution in [0.15, 0.2) is 36.5 Å². The Morgan fingerprint density at radius 2 is 1.86 bits per heavy atom. The summed E-state index contributed by atoms with van der Waals surface area (Å²) < 4.78 is 9.21. The molecule has 0 amide bonds. The molecule has 0 aromatic heterocycles. The molecule has 2 N–H and O–H groups in total. The first kappa shape index (κ1) is 21.2. The molecule has 0 aliphatic rings. The summed E-state index contributed by atoms with van der Waals surface area (Å²) in [5.74, 6) is 0.209. The molecule has 0 aromatic rings. The maximum atomic E-state index is 10.9. The standard InChI is InChI=1S/C18H30O3S/c1-3-17(20)13-9-7-5-4-6-8-10-14-18(22-21)15-11-12-16(2)19/h4,6,8-10,13,17-18,20-21H,3,5,7,11-12,14-15H2,1-2H3/b6-4+,10-8+,13-9+. The molecule has 126 valence electrons. The number of carbonyl (C=O) groups excluding carboxylic acids is 1. The van der Waals surface area contributed by atoms with Crippen LogP contribution in [0.3, 0.4) is 0 Å². The number of Topliss-reactive ketones (excluding diaryl/α,β-unsaturated/α-hetero) is 1. The number of unbranched alkanes of at least 4 members (excludes halogenated alkanes) is 1. The summed E-state index contributed by atoms with van der Waals surface area (Å²) in [5.41, 5.74) is 0. The minimum atomic E-state index is -0.320. The molecule has 0 fully saturated rings. The molecule has 0 bridgehead atoms. The largest absolute Gasteiger partial charge is 0.389 e. The van der Waals surface area contributed by atoms with Crippen LogP contribution in [0.25, 0.3) is 0 Å². The highest BCUT2D eigenvalue weighted by atomic mass is 32.2. The van der Waals surface area contributed by atoms with E-state index in [1.807, 2.05) is 31.2 Å². The first-order chi connectivity index (χ1) is 10.6. The number of ketones is 1. The number of carbonyl (C=O) groups is 1. The first-order valence-electron chi connectivity index (χ1n) is 8.06. The molecular formula is C18H30O3S.